The molecule has 1 aliphatic rings. The van der Waals surface area contributed by atoms with Crippen LogP contribution in [0.2, 0.25) is 5.02 Å². The molecule has 0 saturated carbocycles. The molecule has 0 aliphatic carbocycles. The molecule has 2 atom stereocenters. The molecule has 118 valence electrons. The largest absolute Gasteiger partial charge is 0.418 e. The van der Waals surface area contributed by atoms with Gasteiger partial charge < -0.3 is 5.11 Å². The third-order valence-corrected chi connectivity index (χ3v) is 4.39. The zero-order valence-corrected chi connectivity index (χ0v) is 12.6. The van der Waals surface area contributed by atoms with Crippen LogP contribution in [0.5, 0.6) is 0 Å². The van der Waals surface area contributed by atoms with Gasteiger partial charge in [0.15, 0.2) is 5.60 Å². The molecule has 21 heavy (non-hydrogen) atoms. The number of hydrogen-bond acceptors (Lipinski definition) is 2. The molecule has 0 amide bonds. The summed E-state index contributed by atoms with van der Waals surface area (Å²) in [5, 5.41) is 10.6. The van der Waals surface area contributed by atoms with Crippen LogP contribution in [0.4, 0.5) is 13.2 Å². The maximum absolute atomic E-state index is 13.1. The molecule has 6 heteroatoms. The molecule has 0 bridgehead atoms. The summed E-state index contributed by atoms with van der Waals surface area (Å²) >= 11 is 5.81. The fourth-order valence-corrected chi connectivity index (χ4v) is 2.96. The Labute approximate surface area is 127 Å². The van der Waals surface area contributed by atoms with E-state index in [1.165, 1.54) is 0 Å². The van der Waals surface area contributed by atoms with Crippen LogP contribution in [0.25, 0.3) is 0 Å². The summed E-state index contributed by atoms with van der Waals surface area (Å²) in [4.78, 5) is 1.72. The van der Waals surface area contributed by atoms with Gasteiger partial charge in [0.25, 0.3) is 0 Å². The Morgan fingerprint density at radius 2 is 1.86 bits per heavy atom. The standard InChI is InChI=1S/C15H19ClF3NO/c1-14(21,15(17,18)19)13-4-2-3-9-20(13)10-11-5-7-12(16)8-6-11/h5-8,13,21H,2-4,9-10H2,1H3. The number of benzene rings is 1. The Morgan fingerprint density at radius 1 is 1.24 bits per heavy atom. The molecule has 2 nitrogen and oxygen atoms in total. The molecule has 0 spiro atoms. The van der Waals surface area contributed by atoms with E-state index in [2.05, 4.69) is 0 Å². The summed E-state index contributed by atoms with van der Waals surface area (Å²) in [7, 11) is 0. The van der Waals surface area contributed by atoms with Crippen molar-refractivity contribution in [3.8, 4) is 0 Å². The van der Waals surface area contributed by atoms with E-state index in [9.17, 15) is 18.3 Å². The van der Waals surface area contributed by atoms with Crippen molar-refractivity contribution in [2.24, 2.45) is 0 Å². The maximum Gasteiger partial charge on any atom is 0.418 e. The molecular weight excluding hydrogens is 303 g/mol. The van der Waals surface area contributed by atoms with E-state index in [1.807, 2.05) is 0 Å². The predicted octanol–water partition coefficient (Wildman–Crippen LogP) is 4.01. The molecule has 0 radical (unpaired) electrons. The Hall–Kier alpha value is -0.780. The average molecular weight is 322 g/mol. The van der Waals surface area contributed by atoms with Crippen molar-refractivity contribution in [2.75, 3.05) is 6.54 Å². The number of rotatable bonds is 3. The Balaban J connectivity index is 2.17. The van der Waals surface area contributed by atoms with Gasteiger partial charge in [-0.1, -0.05) is 30.2 Å². The van der Waals surface area contributed by atoms with Crippen molar-refractivity contribution in [1.29, 1.82) is 0 Å². The zero-order valence-electron chi connectivity index (χ0n) is 11.8. The fourth-order valence-electron chi connectivity index (χ4n) is 2.83. The van der Waals surface area contributed by atoms with Crippen LogP contribution in [0.3, 0.4) is 0 Å². The third kappa shape index (κ3) is 3.71. The number of halogens is 4. The van der Waals surface area contributed by atoms with Crippen molar-refractivity contribution in [2.45, 2.75) is 50.6 Å². The van der Waals surface area contributed by atoms with Gasteiger partial charge in [0.05, 0.1) is 0 Å². The SMILES string of the molecule is CC(O)(C1CCCCN1Cc1ccc(Cl)cc1)C(F)(F)F. The van der Waals surface area contributed by atoms with Gasteiger partial charge in [0, 0.05) is 17.6 Å². The van der Waals surface area contributed by atoms with Gasteiger partial charge >= 0.3 is 6.18 Å². The lowest BCUT2D eigenvalue weighted by atomic mass is 9.86. The van der Waals surface area contributed by atoms with Crippen molar-refractivity contribution < 1.29 is 18.3 Å². The summed E-state index contributed by atoms with van der Waals surface area (Å²) in [6.07, 6.45) is -2.74. The molecule has 2 rings (SSSR count). The second-order valence-corrected chi connectivity index (χ2v) is 6.19. The minimum atomic E-state index is -4.63. The second kappa shape index (κ2) is 6.15. The lowest BCUT2D eigenvalue weighted by Gasteiger charge is -2.44. The van der Waals surface area contributed by atoms with Gasteiger partial charge in [0.2, 0.25) is 0 Å². The smallest absolute Gasteiger partial charge is 0.379 e. The molecule has 1 saturated heterocycles. The molecular formula is C15H19ClF3NO. The summed E-state index contributed by atoms with van der Waals surface area (Å²) in [6.45, 7) is 1.81. The average Bonchev–Trinajstić information content (AvgIpc) is 2.40. The molecule has 1 aliphatic heterocycles. The Morgan fingerprint density at radius 3 is 2.43 bits per heavy atom. The van der Waals surface area contributed by atoms with Crippen molar-refractivity contribution in [3.63, 3.8) is 0 Å². The first-order chi connectivity index (χ1) is 9.72. The Bertz CT molecular complexity index is 473. The minimum Gasteiger partial charge on any atom is -0.379 e. The van der Waals surface area contributed by atoms with Crippen LogP contribution in [0.15, 0.2) is 24.3 Å². The topological polar surface area (TPSA) is 23.5 Å². The van der Waals surface area contributed by atoms with Crippen LogP contribution < -0.4 is 0 Å². The van der Waals surface area contributed by atoms with E-state index in [-0.39, 0.29) is 0 Å². The normalized spacial score (nSPS) is 23.8. The highest BCUT2D eigenvalue weighted by Gasteiger charge is 2.56. The number of likely N-dealkylation sites (tertiary alicyclic amines) is 1. The molecule has 1 aromatic rings. The van der Waals surface area contributed by atoms with Gasteiger partial charge in [-0.05, 0) is 44.0 Å². The lowest BCUT2D eigenvalue weighted by molar-refractivity contribution is -0.277. The number of alkyl halides is 3. The van der Waals surface area contributed by atoms with E-state index in [0.717, 1.165) is 18.9 Å². The highest BCUT2D eigenvalue weighted by atomic mass is 35.5. The predicted molar refractivity (Wildman–Crippen MR) is 76.2 cm³/mol. The first kappa shape index (κ1) is 16.6. The van der Waals surface area contributed by atoms with E-state index in [1.54, 1.807) is 29.2 Å². The molecule has 1 N–H and O–H groups in total. The van der Waals surface area contributed by atoms with Crippen molar-refractivity contribution >= 4 is 11.6 Å². The quantitative estimate of drug-likeness (QED) is 0.909. The van der Waals surface area contributed by atoms with Gasteiger partial charge in [-0.2, -0.15) is 13.2 Å². The number of piperidine rings is 1. The van der Waals surface area contributed by atoms with Crippen molar-refractivity contribution in [3.05, 3.63) is 34.9 Å². The van der Waals surface area contributed by atoms with E-state index < -0.39 is 17.8 Å². The fraction of sp³-hybridized carbons (Fsp3) is 0.600. The lowest BCUT2D eigenvalue weighted by Crippen LogP contribution is -2.60. The minimum absolute atomic E-state index is 0.347. The first-order valence-electron chi connectivity index (χ1n) is 6.99. The second-order valence-electron chi connectivity index (χ2n) is 5.75. The van der Waals surface area contributed by atoms with Crippen LogP contribution in [-0.4, -0.2) is 34.4 Å². The number of hydrogen-bond donors (Lipinski definition) is 1. The summed E-state index contributed by atoms with van der Waals surface area (Å²) < 4.78 is 39.3. The highest BCUT2D eigenvalue weighted by molar-refractivity contribution is 6.30. The third-order valence-electron chi connectivity index (χ3n) is 4.14. The van der Waals surface area contributed by atoms with Gasteiger partial charge in [-0.3, -0.25) is 4.90 Å². The number of aliphatic hydroxyl groups is 1. The highest BCUT2D eigenvalue weighted by Crippen LogP contribution is 2.39. The van der Waals surface area contributed by atoms with Gasteiger partial charge in [-0.25, -0.2) is 0 Å². The van der Waals surface area contributed by atoms with Gasteiger partial charge in [-0.15, -0.1) is 0 Å². The Kier molecular flexibility index (Phi) is 4.85. The monoisotopic (exact) mass is 321 g/mol. The number of nitrogens with zero attached hydrogens (tertiary/aromatic N) is 1. The van der Waals surface area contributed by atoms with Crippen LogP contribution in [0, 0.1) is 0 Å². The van der Waals surface area contributed by atoms with E-state index in [4.69, 9.17) is 11.6 Å². The first-order valence-corrected chi connectivity index (χ1v) is 7.37. The van der Waals surface area contributed by atoms with Crippen LogP contribution in [0.1, 0.15) is 31.7 Å². The summed E-state index contributed by atoms with van der Waals surface area (Å²) in [5.41, 5.74) is -1.80. The van der Waals surface area contributed by atoms with Gasteiger partial charge in [0.1, 0.15) is 0 Å². The molecule has 2 unspecified atom stereocenters. The van der Waals surface area contributed by atoms with Crippen molar-refractivity contribution in [1.82, 2.24) is 4.90 Å². The maximum atomic E-state index is 13.1. The summed E-state index contributed by atoms with van der Waals surface area (Å²) in [6, 6.07) is 6.13. The van der Waals surface area contributed by atoms with Crippen LogP contribution >= 0.6 is 11.6 Å². The van der Waals surface area contributed by atoms with E-state index >= 15 is 0 Å². The molecule has 1 aromatic carbocycles. The molecule has 0 aromatic heterocycles. The van der Waals surface area contributed by atoms with E-state index in [0.29, 0.717) is 31.0 Å². The zero-order chi connectivity index (χ0) is 15.7. The summed E-state index contributed by atoms with van der Waals surface area (Å²) in [5.74, 6) is 0. The molecule has 1 heterocycles. The van der Waals surface area contributed by atoms with Crippen LogP contribution in [-0.2, 0) is 6.54 Å². The molecule has 1 fully saturated rings.